The van der Waals surface area contributed by atoms with Gasteiger partial charge in [0.05, 0.1) is 35.0 Å². The number of ether oxygens (including phenoxy) is 5. The summed E-state index contributed by atoms with van der Waals surface area (Å²) in [5, 5.41) is 9.19. The fraction of sp³-hybridized carbons (Fsp3) is 0.333. The van der Waals surface area contributed by atoms with Gasteiger partial charge >= 0.3 is 0 Å². The van der Waals surface area contributed by atoms with Crippen LogP contribution in [0.3, 0.4) is 0 Å². The summed E-state index contributed by atoms with van der Waals surface area (Å²) >= 11 is 0. The zero-order valence-corrected chi connectivity index (χ0v) is 14.3. The van der Waals surface area contributed by atoms with Crippen LogP contribution in [0.2, 0.25) is 0 Å². The van der Waals surface area contributed by atoms with Crippen molar-refractivity contribution < 1.29 is 28.8 Å². The topological polar surface area (TPSA) is 66.4 Å². The second kappa shape index (κ2) is 8.31. The third-order valence-electron chi connectivity index (χ3n) is 3.53. The Kier molecular flexibility index (Phi) is 6.14. The molecule has 2 aromatic rings. The monoisotopic (exact) mass is 334 g/mol. The summed E-state index contributed by atoms with van der Waals surface area (Å²) < 4.78 is 27.1. The van der Waals surface area contributed by atoms with Gasteiger partial charge in [0.1, 0.15) is 6.61 Å². The number of hydrogen-bond acceptors (Lipinski definition) is 6. The molecule has 6 heteroatoms. The molecule has 2 aromatic carbocycles. The lowest BCUT2D eigenvalue weighted by Crippen LogP contribution is -2.01. The molecule has 0 radical (unpaired) electrons. The van der Waals surface area contributed by atoms with E-state index in [1.54, 1.807) is 46.6 Å². The Morgan fingerprint density at radius 2 is 1.29 bits per heavy atom. The van der Waals surface area contributed by atoms with E-state index < -0.39 is 0 Å². The van der Waals surface area contributed by atoms with Crippen molar-refractivity contribution in [3.05, 3.63) is 41.5 Å². The van der Waals surface area contributed by atoms with Crippen molar-refractivity contribution in [2.45, 2.75) is 13.2 Å². The molecule has 2 rings (SSSR count). The molecule has 0 amide bonds. The Bertz CT molecular complexity index is 658. The summed E-state index contributed by atoms with van der Waals surface area (Å²) in [6.07, 6.45) is 0. The molecule has 130 valence electrons. The van der Waals surface area contributed by atoms with Crippen molar-refractivity contribution >= 4 is 0 Å². The molecule has 0 heterocycles. The van der Waals surface area contributed by atoms with Gasteiger partial charge in [-0.25, -0.2) is 0 Å². The molecule has 1 N–H and O–H groups in total. The first-order valence-electron chi connectivity index (χ1n) is 7.36. The molecule has 0 saturated heterocycles. The second-order valence-corrected chi connectivity index (χ2v) is 4.97. The van der Waals surface area contributed by atoms with Crippen LogP contribution >= 0.6 is 0 Å². The van der Waals surface area contributed by atoms with E-state index in [9.17, 15) is 5.11 Å². The largest absolute Gasteiger partial charge is 0.493 e. The van der Waals surface area contributed by atoms with Crippen LogP contribution in [0.1, 0.15) is 11.1 Å². The van der Waals surface area contributed by atoms with Gasteiger partial charge in [-0.3, -0.25) is 0 Å². The van der Waals surface area contributed by atoms with Gasteiger partial charge in [0.2, 0.25) is 5.75 Å². The number of benzene rings is 2. The predicted molar refractivity (Wildman–Crippen MR) is 89.3 cm³/mol. The van der Waals surface area contributed by atoms with E-state index in [2.05, 4.69) is 0 Å². The number of aliphatic hydroxyl groups is 1. The molecule has 0 aliphatic heterocycles. The summed E-state index contributed by atoms with van der Waals surface area (Å²) in [4.78, 5) is 0. The van der Waals surface area contributed by atoms with Gasteiger partial charge in [-0.2, -0.15) is 0 Å². The minimum Gasteiger partial charge on any atom is -0.493 e. The molecule has 0 unspecified atom stereocenters. The van der Waals surface area contributed by atoms with Gasteiger partial charge in [-0.15, -0.1) is 0 Å². The van der Waals surface area contributed by atoms with E-state index >= 15 is 0 Å². The van der Waals surface area contributed by atoms with Gasteiger partial charge in [-0.05, 0) is 35.4 Å². The van der Waals surface area contributed by atoms with E-state index in [0.717, 1.165) is 11.1 Å². The van der Waals surface area contributed by atoms with E-state index in [4.69, 9.17) is 23.7 Å². The maximum atomic E-state index is 9.19. The molecule has 0 bridgehead atoms. The maximum absolute atomic E-state index is 9.19. The van der Waals surface area contributed by atoms with Crippen LogP contribution in [-0.2, 0) is 13.2 Å². The maximum Gasteiger partial charge on any atom is 0.203 e. The minimum absolute atomic E-state index is 0.0521. The van der Waals surface area contributed by atoms with Crippen molar-refractivity contribution in [2.75, 3.05) is 28.4 Å². The molecular weight excluding hydrogens is 312 g/mol. The van der Waals surface area contributed by atoms with Gasteiger partial charge < -0.3 is 28.8 Å². The zero-order valence-electron chi connectivity index (χ0n) is 14.3. The van der Waals surface area contributed by atoms with Crippen LogP contribution in [0, 0.1) is 0 Å². The van der Waals surface area contributed by atoms with Crippen LogP contribution < -0.4 is 23.7 Å². The van der Waals surface area contributed by atoms with Crippen molar-refractivity contribution in [1.29, 1.82) is 0 Å². The van der Waals surface area contributed by atoms with Gasteiger partial charge in [0.25, 0.3) is 0 Å². The first-order valence-corrected chi connectivity index (χ1v) is 7.36. The Balaban J connectivity index is 2.23. The third-order valence-corrected chi connectivity index (χ3v) is 3.53. The third kappa shape index (κ3) is 3.83. The van der Waals surface area contributed by atoms with Crippen LogP contribution in [-0.4, -0.2) is 33.5 Å². The normalized spacial score (nSPS) is 10.2. The summed E-state index contributed by atoms with van der Waals surface area (Å²) in [6, 6.07) is 8.95. The number of hydrogen-bond donors (Lipinski definition) is 1. The summed E-state index contributed by atoms with van der Waals surface area (Å²) in [6.45, 7) is 0.245. The lowest BCUT2D eigenvalue weighted by molar-refractivity contribution is 0.273. The first-order chi connectivity index (χ1) is 11.7. The quantitative estimate of drug-likeness (QED) is 0.801. The molecule has 0 aromatic heterocycles. The average Bonchev–Trinajstić information content (AvgIpc) is 2.64. The molecule has 0 spiro atoms. The smallest absolute Gasteiger partial charge is 0.203 e. The molecule has 0 fully saturated rings. The van der Waals surface area contributed by atoms with E-state index in [-0.39, 0.29) is 6.61 Å². The van der Waals surface area contributed by atoms with Gasteiger partial charge in [0, 0.05) is 0 Å². The van der Waals surface area contributed by atoms with Gasteiger partial charge in [-0.1, -0.05) is 6.07 Å². The Morgan fingerprint density at radius 3 is 1.79 bits per heavy atom. The molecule has 0 aliphatic rings. The average molecular weight is 334 g/mol. The fourth-order valence-corrected chi connectivity index (χ4v) is 2.31. The number of aliphatic hydroxyl groups excluding tert-OH is 1. The zero-order chi connectivity index (χ0) is 17.5. The van der Waals surface area contributed by atoms with Crippen molar-refractivity contribution in [2.24, 2.45) is 0 Å². The van der Waals surface area contributed by atoms with Crippen LogP contribution in [0.25, 0.3) is 0 Å². The highest BCUT2D eigenvalue weighted by atomic mass is 16.5. The van der Waals surface area contributed by atoms with Crippen molar-refractivity contribution in [1.82, 2.24) is 0 Å². The highest BCUT2D eigenvalue weighted by molar-refractivity contribution is 5.54. The molecule has 24 heavy (non-hydrogen) atoms. The predicted octanol–water partition coefficient (Wildman–Crippen LogP) is 2.79. The summed E-state index contributed by atoms with van der Waals surface area (Å²) in [7, 11) is 6.25. The lowest BCUT2D eigenvalue weighted by Gasteiger charge is -2.15. The molecule has 0 aliphatic carbocycles. The number of methoxy groups -OCH3 is 4. The minimum atomic E-state index is -0.0521. The van der Waals surface area contributed by atoms with Crippen molar-refractivity contribution in [3.8, 4) is 28.7 Å². The SMILES string of the molecule is COc1cc(CO)ccc1OCc1cc(OC)c(OC)c(OC)c1. The van der Waals surface area contributed by atoms with Crippen LogP contribution in [0.4, 0.5) is 0 Å². The highest BCUT2D eigenvalue weighted by Gasteiger charge is 2.14. The van der Waals surface area contributed by atoms with Crippen LogP contribution in [0.15, 0.2) is 30.3 Å². The number of rotatable bonds is 8. The highest BCUT2D eigenvalue weighted by Crippen LogP contribution is 2.38. The Morgan fingerprint density at radius 1 is 0.708 bits per heavy atom. The second-order valence-electron chi connectivity index (χ2n) is 4.97. The lowest BCUT2D eigenvalue weighted by atomic mass is 10.2. The Hall–Kier alpha value is -2.60. The fourth-order valence-electron chi connectivity index (χ4n) is 2.31. The van der Waals surface area contributed by atoms with Crippen molar-refractivity contribution in [3.63, 3.8) is 0 Å². The molecule has 6 nitrogen and oxygen atoms in total. The first kappa shape index (κ1) is 17.7. The summed E-state index contributed by atoms with van der Waals surface area (Å²) in [5.41, 5.74) is 1.62. The molecule has 0 atom stereocenters. The van der Waals surface area contributed by atoms with E-state index in [1.165, 1.54) is 0 Å². The standard InChI is InChI=1S/C18H22O6/c1-20-15-7-12(10-19)5-6-14(15)24-11-13-8-16(21-2)18(23-4)17(9-13)22-3/h5-9,19H,10-11H2,1-4H3. The van der Waals surface area contributed by atoms with E-state index in [1.807, 2.05) is 12.1 Å². The molecule has 0 saturated carbocycles. The van der Waals surface area contributed by atoms with E-state index in [0.29, 0.717) is 35.4 Å². The summed E-state index contributed by atoms with van der Waals surface area (Å²) in [5.74, 6) is 2.82. The van der Waals surface area contributed by atoms with Crippen LogP contribution in [0.5, 0.6) is 28.7 Å². The molecular formula is C18H22O6. The Labute approximate surface area is 141 Å². The van der Waals surface area contributed by atoms with Gasteiger partial charge in [0.15, 0.2) is 23.0 Å².